The zero-order valence-electron chi connectivity index (χ0n) is 13.4. The molecule has 0 saturated heterocycles. The molecule has 116 valence electrons. The van der Waals surface area contributed by atoms with Gasteiger partial charge in [0.25, 0.3) is 0 Å². The summed E-state index contributed by atoms with van der Waals surface area (Å²) in [5.74, 6) is -1.19. The molecular formula is C19H22O3. The SMILES string of the molecule is CC(C)c1ccc(C(C)(C)c2ccccc2)c(O)c1C(=O)O. The molecule has 2 aromatic carbocycles. The molecule has 0 unspecified atom stereocenters. The second-order valence-corrected chi connectivity index (χ2v) is 6.38. The van der Waals surface area contributed by atoms with E-state index in [1.54, 1.807) is 0 Å². The summed E-state index contributed by atoms with van der Waals surface area (Å²) in [7, 11) is 0. The average Bonchev–Trinajstić information content (AvgIpc) is 2.46. The smallest absolute Gasteiger partial charge is 0.339 e. The van der Waals surface area contributed by atoms with Crippen molar-refractivity contribution in [1.29, 1.82) is 0 Å². The summed E-state index contributed by atoms with van der Waals surface area (Å²) in [6.07, 6.45) is 0. The van der Waals surface area contributed by atoms with Crippen molar-refractivity contribution in [3.63, 3.8) is 0 Å². The number of hydrogen-bond acceptors (Lipinski definition) is 2. The Balaban J connectivity index is 2.67. The van der Waals surface area contributed by atoms with E-state index in [4.69, 9.17) is 0 Å². The van der Waals surface area contributed by atoms with Gasteiger partial charge in [0.1, 0.15) is 11.3 Å². The number of phenols is 1. The van der Waals surface area contributed by atoms with Crippen molar-refractivity contribution in [1.82, 2.24) is 0 Å². The molecule has 0 saturated carbocycles. The van der Waals surface area contributed by atoms with E-state index in [0.717, 1.165) is 5.56 Å². The molecule has 2 aromatic rings. The average molecular weight is 298 g/mol. The van der Waals surface area contributed by atoms with Crippen LogP contribution in [0.3, 0.4) is 0 Å². The van der Waals surface area contributed by atoms with Crippen molar-refractivity contribution in [2.24, 2.45) is 0 Å². The first kappa shape index (κ1) is 16.1. The third kappa shape index (κ3) is 2.71. The first-order chi connectivity index (χ1) is 10.3. The lowest BCUT2D eigenvalue weighted by atomic mass is 9.76. The number of hydrogen-bond donors (Lipinski definition) is 2. The maximum Gasteiger partial charge on any atom is 0.339 e. The van der Waals surface area contributed by atoms with Crippen molar-refractivity contribution >= 4 is 5.97 Å². The second kappa shape index (κ2) is 5.84. The van der Waals surface area contributed by atoms with E-state index < -0.39 is 11.4 Å². The lowest BCUT2D eigenvalue weighted by molar-refractivity contribution is 0.0691. The van der Waals surface area contributed by atoms with Crippen LogP contribution in [0.1, 0.15) is 60.7 Å². The molecule has 2 rings (SSSR count). The minimum atomic E-state index is -1.09. The molecule has 3 nitrogen and oxygen atoms in total. The van der Waals surface area contributed by atoms with Crippen LogP contribution >= 0.6 is 0 Å². The summed E-state index contributed by atoms with van der Waals surface area (Å²) in [5.41, 5.74) is 1.83. The van der Waals surface area contributed by atoms with E-state index in [0.29, 0.717) is 11.1 Å². The van der Waals surface area contributed by atoms with Gasteiger partial charge in [0.05, 0.1) is 0 Å². The van der Waals surface area contributed by atoms with Crippen molar-refractivity contribution in [3.05, 3.63) is 64.7 Å². The van der Waals surface area contributed by atoms with Gasteiger partial charge in [-0.25, -0.2) is 4.79 Å². The summed E-state index contributed by atoms with van der Waals surface area (Å²) in [4.78, 5) is 11.6. The van der Waals surface area contributed by atoms with Gasteiger partial charge >= 0.3 is 5.97 Å². The molecule has 0 heterocycles. The fourth-order valence-corrected chi connectivity index (χ4v) is 2.83. The Labute approximate surface area is 131 Å². The van der Waals surface area contributed by atoms with Gasteiger partial charge in [-0.05, 0) is 17.0 Å². The second-order valence-electron chi connectivity index (χ2n) is 6.38. The van der Waals surface area contributed by atoms with Crippen LogP contribution in [0.2, 0.25) is 0 Å². The number of aromatic hydroxyl groups is 1. The predicted octanol–water partition coefficient (Wildman–Crippen LogP) is 4.54. The van der Waals surface area contributed by atoms with Gasteiger partial charge in [0.15, 0.2) is 0 Å². The molecule has 0 aliphatic rings. The zero-order valence-corrected chi connectivity index (χ0v) is 13.4. The van der Waals surface area contributed by atoms with Crippen molar-refractivity contribution in [2.45, 2.75) is 39.0 Å². The molecule has 0 radical (unpaired) electrons. The standard InChI is InChI=1S/C19H22O3/c1-12(2)14-10-11-15(17(20)16(14)18(21)22)19(3,4)13-8-6-5-7-9-13/h5-12,20H,1-4H3,(H,21,22). The van der Waals surface area contributed by atoms with Crippen molar-refractivity contribution in [3.8, 4) is 5.75 Å². The van der Waals surface area contributed by atoms with E-state index in [2.05, 4.69) is 0 Å². The van der Waals surface area contributed by atoms with Gasteiger partial charge in [-0.3, -0.25) is 0 Å². The number of benzene rings is 2. The lowest BCUT2D eigenvalue weighted by Crippen LogP contribution is -2.20. The van der Waals surface area contributed by atoms with Crippen LogP contribution in [0, 0.1) is 0 Å². The zero-order chi connectivity index (χ0) is 16.5. The maximum absolute atomic E-state index is 11.6. The molecule has 0 bridgehead atoms. The van der Waals surface area contributed by atoms with Crippen LogP contribution in [0.15, 0.2) is 42.5 Å². The van der Waals surface area contributed by atoms with Gasteiger partial charge in [-0.1, -0.05) is 70.2 Å². The van der Waals surface area contributed by atoms with Gasteiger partial charge in [0.2, 0.25) is 0 Å². The first-order valence-corrected chi connectivity index (χ1v) is 7.42. The van der Waals surface area contributed by atoms with Crippen LogP contribution < -0.4 is 0 Å². The monoisotopic (exact) mass is 298 g/mol. The van der Waals surface area contributed by atoms with Crippen LogP contribution in [0.4, 0.5) is 0 Å². The highest BCUT2D eigenvalue weighted by molar-refractivity contribution is 5.93. The molecule has 3 heteroatoms. The molecule has 0 aliphatic carbocycles. The van der Waals surface area contributed by atoms with E-state index >= 15 is 0 Å². The summed E-state index contributed by atoms with van der Waals surface area (Å²) < 4.78 is 0. The molecule has 0 spiro atoms. The number of carbonyl (C=O) groups is 1. The summed E-state index contributed by atoms with van der Waals surface area (Å²) >= 11 is 0. The fourth-order valence-electron chi connectivity index (χ4n) is 2.83. The Morgan fingerprint density at radius 3 is 2.14 bits per heavy atom. The van der Waals surface area contributed by atoms with Gasteiger partial charge in [-0.2, -0.15) is 0 Å². The van der Waals surface area contributed by atoms with Crippen molar-refractivity contribution < 1.29 is 15.0 Å². The Hall–Kier alpha value is -2.29. The lowest BCUT2D eigenvalue weighted by Gasteiger charge is -2.28. The van der Waals surface area contributed by atoms with Crippen LogP contribution in [-0.2, 0) is 5.41 Å². The largest absolute Gasteiger partial charge is 0.507 e. The van der Waals surface area contributed by atoms with Crippen LogP contribution in [-0.4, -0.2) is 16.2 Å². The normalized spacial score (nSPS) is 11.7. The van der Waals surface area contributed by atoms with Crippen LogP contribution in [0.25, 0.3) is 0 Å². The number of rotatable bonds is 4. The molecule has 22 heavy (non-hydrogen) atoms. The highest BCUT2D eigenvalue weighted by atomic mass is 16.4. The number of carboxylic acids is 1. The van der Waals surface area contributed by atoms with Gasteiger partial charge in [0, 0.05) is 11.0 Å². The van der Waals surface area contributed by atoms with Crippen molar-refractivity contribution in [2.75, 3.05) is 0 Å². The van der Waals surface area contributed by atoms with Crippen LogP contribution in [0.5, 0.6) is 5.75 Å². The van der Waals surface area contributed by atoms with Gasteiger partial charge < -0.3 is 10.2 Å². The molecule has 0 fully saturated rings. The van der Waals surface area contributed by atoms with E-state index in [1.165, 1.54) is 0 Å². The topological polar surface area (TPSA) is 57.5 Å². The Morgan fingerprint density at radius 2 is 1.64 bits per heavy atom. The summed E-state index contributed by atoms with van der Waals surface area (Å²) in [5, 5.41) is 20.1. The number of carboxylic acid groups (broad SMARTS) is 1. The fraction of sp³-hybridized carbons (Fsp3) is 0.316. The highest BCUT2D eigenvalue weighted by Crippen LogP contribution is 2.40. The summed E-state index contributed by atoms with van der Waals surface area (Å²) in [6.45, 7) is 7.81. The molecule has 2 N–H and O–H groups in total. The molecule has 0 amide bonds. The Kier molecular flexibility index (Phi) is 4.27. The molecule has 0 aromatic heterocycles. The minimum absolute atomic E-state index is 0.0107. The quantitative estimate of drug-likeness (QED) is 0.871. The number of aromatic carboxylic acids is 1. The summed E-state index contributed by atoms with van der Waals surface area (Å²) in [6, 6.07) is 13.4. The first-order valence-electron chi connectivity index (χ1n) is 7.42. The maximum atomic E-state index is 11.6. The Bertz CT molecular complexity index is 685. The highest BCUT2D eigenvalue weighted by Gasteiger charge is 2.30. The predicted molar refractivity (Wildman–Crippen MR) is 87.7 cm³/mol. The third-order valence-corrected chi connectivity index (χ3v) is 4.21. The van der Waals surface area contributed by atoms with E-state index in [-0.39, 0.29) is 17.2 Å². The van der Waals surface area contributed by atoms with Gasteiger partial charge in [-0.15, -0.1) is 0 Å². The third-order valence-electron chi connectivity index (χ3n) is 4.21. The van der Waals surface area contributed by atoms with E-state index in [9.17, 15) is 15.0 Å². The molecule has 0 aliphatic heterocycles. The molecular weight excluding hydrogens is 276 g/mol. The van der Waals surface area contributed by atoms with E-state index in [1.807, 2.05) is 70.2 Å². The molecule has 0 atom stereocenters. The Morgan fingerprint density at radius 1 is 1.05 bits per heavy atom. The minimum Gasteiger partial charge on any atom is -0.507 e.